The van der Waals surface area contributed by atoms with E-state index in [0.29, 0.717) is 24.3 Å². The molecule has 4 nitrogen and oxygen atoms in total. The maximum Gasteiger partial charge on any atom is 2.00 e. The Morgan fingerprint density at radius 2 is 1.69 bits per heavy atom. The number of imide groups is 1. The molecule has 0 unspecified atom stereocenters. The third kappa shape index (κ3) is 6.96. The maximum atomic E-state index is 12.0. The van der Waals surface area contributed by atoms with Crippen LogP contribution < -0.4 is 0 Å². The SMILES string of the molecule is C.CCN1C(=O)c2[c-]c(C)c(C)c(C)c2C1=O.[CH2-]CO[CH-]CCC.[V+2].[W]. The fraction of sp³-hybridized carbons (Fsp3) is 0.500. The second-order valence-electron chi connectivity index (χ2n) is 5.43. The van der Waals surface area contributed by atoms with E-state index in [0.717, 1.165) is 29.5 Å². The van der Waals surface area contributed by atoms with Gasteiger partial charge in [-0.25, -0.2) is 6.61 Å². The van der Waals surface area contributed by atoms with Crippen molar-refractivity contribution >= 4 is 11.8 Å². The van der Waals surface area contributed by atoms with Crippen LogP contribution in [0.3, 0.4) is 0 Å². The number of hydrogen-bond acceptors (Lipinski definition) is 3. The molecule has 1 aliphatic heterocycles. The van der Waals surface area contributed by atoms with Gasteiger partial charge in [-0.15, -0.1) is 29.4 Å². The summed E-state index contributed by atoms with van der Waals surface area (Å²) in [6.07, 6.45) is 2.19. The fourth-order valence-electron chi connectivity index (χ4n) is 2.36. The van der Waals surface area contributed by atoms with Crippen LogP contribution in [0.1, 0.15) is 71.5 Å². The molecule has 1 aromatic carbocycles. The Morgan fingerprint density at radius 1 is 1.12 bits per heavy atom. The first-order valence-electron chi connectivity index (χ1n) is 8.02. The predicted octanol–water partition coefficient (Wildman–Crippen LogP) is 4.46. The number of benzene rings is 1. The molecule has 0 aliphatic carbocycles. The molecule has 0 saturated carbocycles. The normalized spacial score (nSPS) is 11.5. The van der Waals surface area contributed by atoms with E-state index in [2.05, 4.69) is 19.9 Å². The van der Waals surface area contributed by atoms with Crippen LogP contribution >= 0.6 is 0 Å². The van der Waals surface area contributed by atoms with Crippen LogP contribution in [-0.4, -0.2) is 29.9 Å². The van der Waals surface area contributed by atoms with Crippen LogP contribution in [0.2, 0.25) is 0 Å². The van der Waals surface area contributed by atoms with Crippen LogP contribution in [0.15, 0.2) is 0 Å². The molecule has 0 N–H and O–H groups in total. The number of fused-ring (bicyclic) bond motifs is 1. The number of unbranched alkanes of at least 4 members (excludes halogenated alkanes) is 1. The number of amides is 2. The van der Waals surface area contributed by atoms with Crippen molar-refractivity contribution in [3.05, 3.63) is 47.4 Å². The molecule has 1 aromatic rings. The molecule has 2 amide bonds. The molecule has 1 radical (unpaired) electrons. The van der Waals surface area contributed by atoms with Crippen molar-refractivity contribution in [2.24, 2.45) is 0 Å². The molecule has 0 atom stereocenters. The summed E-state index contributed by atoms with van der Waals surface area (Å²) in [4.78, 5) is 25.2. The number of carbonyl (C=O) groups excluding carboxylic acids is 2. The maximum absolute atomic E-state index is 12.0. The second kappa shape index (κ2) is 14.6. The molecule has 1 aliphatic rings. The van der Waals surface area contributed by atoms with Crippen LogP contribution in [0.5, 0.6) is 0 Å². The molecule has 0 aromatic heterocycles. The number of aryl methyl sites for hydroxylation is 1. The van der Waals surface area contributed by atoms with Crippen molar-refractivity contribution in [2.45, 2.75) is 54.9 Å². The number of nitrogens with zero attached hydrogens (tertiary/aromatic N) is 1. The Kier molecular flexibility index (Phi) is 17.1. The van der Waals surface area contributed by atoms with E-state index in [1.165, 1.54) is 4.90 Å². The molecule has 26 heavy (non-hydrogen) atoms. The van der Waals surface area contributed by atoms with E-state index < -0.39 is 0 Å². The van der Waals surface area contributed by atoms with Crippen molar-refractivity contribution in [1.82, 2.24) is 4.90 Å². The van der Waals surface area contributed by atoms with E-state index in [1.807, 2.05) is 20.8 Å². The summed E-state index contributed by atoms with van der Waals surface area (Å²) in [7, 11) is 0. The summed E-state index contributed by atoms with van der Waals surface area (Å²) in [5, 5.41) is 0. The first-order valence-corrected chi connectivity index (χ1v) is 8.02. The van der Waals surface area contributed by atoms with Gasteiger partial charge < -0.3 is 21.4 Å². The Bertz CT molecular complexity index is 587. The Balaban J connectivity index is -0.000000464. The Hall–Kier alpha value is -0.407. The number of rotatable bonds is 5. The first-order chi connectivity index (χ1) is 10.9. The summed E-state index contributed by atoms with van der Waals surface area (Å²) >= 11 is 0. The van der Waals surface area contributed by atoms with Gasteiger partial charge in [0.15, 0.2) is 5.91 Å². The molecule has 2 rings (SSSR count). The van der Waals surface area contributed by atoms with Gasteiger partial charge in [0.25, 0.3) is 0 Å². The smallest absolute Gasteiger partial charge is 0.578 e. The van der Waals surface area contributed by atoms with Gasteiger partial charge >= 0.3 is 18.6 Å². The largest absolute Gasteiger partial charge is 2.00 e. The van der Waals surface area contributed by atoms with Gasteiger partial charge in [0.05, 0.1) is 0 Å². The van der Waals surface area contributed by atoms with E-state index in [4.69, 9.17) is 4.74 Å². The minimum absolute atomic E-state index is 0. The number of carbonyl (C=O) groups is 2. The van der Waals surface area contributed by atoms with E-state index in [-0.39, 0.29) is 58.9 Å². The summed E-state index contributed by atoms with van der Waals surface area (Å²) < 4.78 is 4.84. The second-order valence-corrected chi connectivity index (χ2v) is 5.43. The third-order valence-electron chi connectivity index (χ3n) is 3.94. The van der Waals surface area contributed by atoms with Gasteiger partial charge in [-0.1, -0.05) is 47.1 Å². The summed E-state index contributed by atoms with van der Waals surface area (Å²) in [6.45, 7) is 15.9. The van der Waals surface area contributed by atoms with Gasteiger partial charge in [-0.2, -0.15) is 6.42 Å². The van der Waals surface area contributed by atoms with Crippen molar-refractivity contribution in [3.63, 3.8) is 0 Å². The molecule has 0 saturated heterocycles. The van der Waals surface area contributed by atoms with Gasteiger partial charge in [0.1, 0.15) is 0 Å². The van der Waals surface area contributed by atoms with E-state index in [9.17, 15) is 9.59 Å². The molecule has 0 bridgehead atoms. The van der Waals surface area contributed by atoms with Gasteiger partial charge in [0, 0.05) is 27.6 Å². The summed E-state index contributed by atoms with van der Waals surface area (Å²) in [6, 6.07) is 3.03. The van der Waals surface area contributed by atoms with Gasteiger partial charge in [-0.05, 0) is 12.5 Å². The molecule has 0 fully saturated rings. The summed E-state index contributed by atoms with van der Waals surface area (Å²) in [5.74, 6) is -0.395. The Labute approximate surface area is 185 Å². The number of ether oxygens (including phenoxy) is 1. The van der Waals surface area contributed by atoms with Crippen molar-refractivity contribution in [1.29, 1.82) is 0 Å². The average molecular weight is 567 g/mol. The van der Waals surface area contributed by atoms with E-state index >= 15 is 0 Å². The van der Waals surface area contributed by atoms with Crippen LogP contribution in [0.25, 0.3) is 0 Å². The average Bonchev–Trinajstić information content (AvgIpc) is 2.77. The standard InChI is InChI=1S/C13H14NO2.C6H12O.CH4.V.W/c1-5-14-12(15)10-6-7(2)8(3)9(4)11(10)13(14)16;1-3-5-6-7-4-2;;;/h5H2,1-4H3;6H,2-5H2,1H3;1H4;;/q-1;-2;;+2;. The van der Waals surface area contributed by atoms with Gasteiger partial charge in [0.2, 0.25) is 5.91 Å². The predicted molar refractivity (Wildman–Crippen MR) is 97.8 cm³/mol. The molecule has 0 spiro atoms. The molecule has 1 heterocycles. The van der Waals surface area contributed by atoms with Gasteiger partial charge in [-0.3, -0.25) is 4.79 Å². The van der Waals surface area contributed by atoms with Crippen molar-refractivity contribution in [2.75, 3.05) is 13.2 Å². The topological polar surface area (TPSA) is 46.6 Å². The first kappa shape index (κ1) is 30.3. The quantitative estimate of drug-likeness (QED) is 0.300. The zero-order valence-electron chi connectivity index (χ0n) is 15.6. The zero-order chi connectivity index (χ0) is 17.6. The van der Waals surface area contributed by atoms with Crippen LogP contribution in [0.4, 0.5) is 0 Å². The molecular weight excluding hydrogens is 537 g/mol. The van der Waals surface area contributed by atoms with Crippen LogP contribution in [-0.2, 0) is 44.4 Å². The zero-order valence-corrected chi connectivity index (χ0v) is 20.0. The number of hydrogen-bond donors (Lipinski definition) is 0. The monoisotopic (exact) mass is 567 g/mol. The third-order valence-corrected chi connectivity index (χ3v) is 3.94. The van der Waals surface area contributed by atoms with Crippen molar-refractivity contribution < 1.29 is 53.9 Å². The Morgan fingerprint density at radius 3 is 2.15 bits per heavy atom. The van der Waals surface area contributed by atoms with Crippen LogP contribution in [0, 0.1) is 40.4 Å². The summed E-state index contributed by atoms with van der Waals surface area (Å²) in [5.41, 5.74) is 3.86. The molecular formula is C20H30NO3VW-. The fourth-order valence-corrected chi connectivity index (χ4v) is 2.36. The molecule has 145 valence electrons. The van der Waals surface area contributed by atoms with Crippen molar-refractivity contribution in [3.8, 4) is 0 Å². The minimum Gasteiger partial charge on any atom is -0.578 e. The molecule has 6 heteroatoms. The van der Waals surface area contributed by atoms with E-state index in [1.54, 1.807) is 13.5 Å². The minimum atomic E-state index is -0.214.